The zero-order valence-corrected chi connectivity index (χ0v) is 13.6. The maximum absolute atomic E-state index is 12.6. The van der Waals surface area contributed by atoms with Crippen molar-refractivity contribution in [3.63, 3.8) is 0 Å². The number of likely N-dealkylation sites (tertiary alicyclic amines) is 1. The molecule has 0 radical (unpaired) electrons. The first kappa shape index (κ1) is 14.8. The van der Waals surface area contributed by atoms with E-state index >= 15 is 0 Å². The molecule has 0 bridgehead atoms. The molecule has 0 aliphatic carbocycles. The molecule has 4 rings (SSSR count). The second kappa shape index (κ2) is 6.00. The fourth-order valence-electron chi connectivity index (χ4n) is 3.19. The van der Waals surface area contributed by atoms with Gasteiger partial charge in [0.1, 0.15) is 5.75 Å². The highest BCUT2D eigenvalue weighted by molar-refractivity contribution is 5.95. The maximum Gasteiger partial charge on any atom is 0.253 e. The number of carbonyl (C=O) groups excluding carboxylic acids is 1. The van der Waals surface area contributed by atoms with Crippen LogP contribution in [0.25, 0.3) is 22.3 Å². The number of nitrogens with zero attached hydrogens (tertiary/aromatic N) is 2. The van der Waals surface area contributed by atoms with Gasteiger partial charge in [-0.25, -0.2) is 0 Å². The Morgan fingerprint density at radius 2 is 2.00 bits per heavy atom. The Balaban J connectivity index is 1.69. The number of aromatic nitrogens is 2. The monoisotopic (exact) mass is 321 g/mol. The second-order valence-corrected chi connectivity index (χ2v) is 6.07. The Bertz CT molecular complexity index is 895. The topological polar surface area (TPSA) is 58.2 Å². The molecule has 1 aliphatic rings. The standard InChI is InChI=1S/C19H19N3O2/c1-24-15-4-5-16-14(10-15)12-18(21-16)17-11-13(6-7-20-17)19(23)22-8-2-3-9-22/h4-7,10-12,21H,2-3,8-9H2,1H3. The Kier molecular flexibility index (Phi) is 3.69. The minimum absolute atomic E-state index is 0.0916. The summed E-state index contributed by atoms with van der Waals surface area (Å²) >= 11 is 0. The number of nitrogens with one attached hydrogen (secondary N) is 1. The third-order valence-electron chi connectivity index (χ3n) is 4.50. The van der Waals surface area contributed by atoms with Gasteiger partial charge in [0.25, 0.3) is 5.91 Å². The number of ether oxygens (including phenoxy) is 1. The molecule has 1 aromatic carbocycles. The smallest absolute Gasteiger partial charge is 0.253 e. The number of amides is 1. The van der Waals surface area contributed by atoms with Crippen molar-refractivity contribution in [1.82, 2.24) is 14.9 Å². The SMILES string of the molecule is COc1ccc2[nH]c(-c3cc(C(=O)N4CCCC4)ccn3)cc2c1. The van der Waals surface area contributed by atoms with E-state index in [0.717, 1.165) is 54.0 Å². The highest BCUT2D eigenvalue weighted by Crippen LogP contribution is 2.26. The number of pyridine rings is 1. The van der Waals surface area contributed by atoms with Gasteiger partial charge in [0.05, 0.1) is 18.5 Å². The van der Waals surface area contributed by atoms with Crippen molar-refractivity contribution in [2.24, 2.45) is 0 Å². The third-order valence-corrected chi connectivity index (χ3v) is 4.50. The van der Waals surface area contributed by atoms with Crippen molar-refractivity contribution < 1.29 is 9.53 Å². The summed E-state index contributed by atoms with van der Waals surface area (Å²) in [6.07, 6.45) is 3.88. The molecule has 3 aromatic rings. The molecule has 0 atom stereocenters. The summed E-state index contributed by atoms with van der Waals surface area (Å²) in [6.45, 7) is 1.70. The minimum atomic E-state index is 0.0916. The Morgan fingerprint density at radius 3 is 2.79 bits per heavy atom. The van der Waals surface area contributed by atoms with Crippen LogP contribution < -0.4 is 4.74 Å². The fourth-order valence-corrected chi connectivity index (χ4v) is 3.19. The van der Waals surface area contributed by atoms with E-state index < -0.39 is 0 Å². The molecule has 0 unspecified atom stereocenters. The third kappa shape index (κ3) is 2.62. The van der Waals surface area contributed by atoms with Crippen molar-refractivity contribution >= 4 is 16.8 Å². The van der Waals surface area contributed by atoms with Gasteiger partial charge in [0.15, 0.2) is 0 Å². The zero-order valence-electron chi connectivity index (χ0n) is 13.6. The molecule has 0 saturated carbocycles. The number of carbonyl (C=O) groups is 1. The number of H-pyrrole nitrogens is 1. The number of hydrogen-bond acceptors (Lipinski definition) is 3. The summed E-state index contributed by atoms with van der Waals surface area (Å²) in [5.41, 5.74) is 3.38. The highest BCUT2D eigenvalue weighted by Gasteiger charge is 2.20. The number of methoxy groups -OCH3 is 1. The van der Waals surface area contributed by atoms with Crippen LogP contribution in [0.1, 0.15) is 23.2 Å². The lowest BCUT2D eigenvalue weighted by Crippen LogP contribution is -2.27. The van der Waals surface area contributed by atoms with E-state index in [1.54, 1.807) is 19.4 Å². The zero-order chi connectivity index (χ0) is 16.5. The lowest BCUT2D eigenvalue weighted by molar-refractivity contribution is 0.0793. The summed E-state index contributed by atoms with van der Waals surface area (Å²) in [6, 6.07) is 11.6. The van der Waals surface area contributed by atoms with E-state index in [1.165, 1.54) is 0 Å². The van der Waals surface area contributed by atoms with Gasteiger partial charge in [-0.3, -0.25) is 9.78 Å². The van der Waals surface area contributed by atoms with Crippen LogP contribution in [0.3, 0.4) is 0 Å². The first-order valence-electron chi connectivity index (χ1n) is 8.17. The lowest BCUT2D eigenvalue weighted by atomic mass is 10.1. The molecular formula is C19H19N3O2. The van der Waals surface area contributed by atoms with E-state index in [1.807, 2.05) is 35.2 Å². The molecule has 1 saturated heterocycles. The van der Waals surface area contributed by atoms with Crippen LogP contribution in [-0.4, -0.2) is 41.0 Å². The van der Waals surface area contributed by atoms with Gasteiger partial charge in [0, 0.05) is 35.8 Å². The van der Waals surface area contributed by atoms with Gasteiger partial charge in [-0.15, -0.1) is 0 Å². The predicted octanol–water partition coefficient (Wildman–Crippen LogP) is 3.47. The summed E-state index contributed by atoms with van der Waals surface area (Å²) in [5.74, 6) is 0.910. The summed E-state index contributed by atoms with van der Waals surface area (Å²) in [7, 11) is 1.66. The van der Waals surface area contributed by atoms with Crippen molar-refractivity contribution in [1.29, 1.82) is 0 Å². The van der Waals surface area contributed by atoms with Crippen LogP contribution in [0.5, 0.6) is 5.75 Å². The molecule has 1 aliphatic heterocycles. The molecular weight excluding hydrogens is 302 g/mol. The van der Waals surface area contributed by atoms with Crippen LogP contribution >= 0.6 is 0 Å². The molecule has 2 aromatic heterocycles. The van der Waals surface area contributed by atoms with Gasteiger partial charge in [-0.2, -0.15) is 0 Å². The van der Waals surface area contributed by atoms with E-state index in [-0.39, 0.29) is 5.91 Å². The summed E-state index contributed by atoms with van der Waals surface area (Å²) < 4.78 is 5.27. The average molecular weight is 321 g/mol. The van der Waals surface area contributed by atoms with Crippen molar-refractivity contribution in [3.8, 4) is 17.1 Å². The molecule has 1 N–H and O–H groups in total. The number of aromatic amines is 1. The number of hydrogen-bond donors (Lipinski definition) is 1. The Labute approximate surface area is 140 Å². The van der Waals surface area contributed by atoms with Crippen LogP contribution in [0.2, 0.25) is 0 Å². The average Bonchev–Trinajstić information content (AvgIpc) is 3.30. The van der Waals surface area contributed by atoms with Gasteiger partial charge < -0.3 is 14.6 Å². The Hall–Kier alpha value is -2.82. The van der Waals surface area contributed by atoms with Crippen molar-refractivity contribution in [2.75, 3.05) is 20.2 Å². The second-order valence-electron chi connectivity index (χ2n) is 6.07. The molecule has 5 heteroatoms. The maximum atomic E-state index is 12.6. The molecule has 1 fully saturated rings. The van der Waals surface area contributed by atoms with Crippen LogP contribution in [0, 0.1) is 0 Å². The van der Waals surface area contributed by atoms with Crippen LogP contribution in [0.15, 0.2) is 42.6 Å². The number of rotatable bonds is 3. The molecule has 1 amide bonds. The van der Waals surface area contributed by atoms with Gasteiger partial charge in [-0.05, 0) is 49.2 Å². The van der Waals surface area contributed by atoms with E-state index in [9.17, 15) is 4.79 Å². The molecule has 122 valence electrons. The first-order chi connectivity index (χ1) is 11.7. The normalized spacial score (nSPS) is 14.3. The van der Waals surface area contributed by atoms with Gasteiger partial charge >= 0.3 is 0 Å². The van der Waals surface area contributed by atoms with E-state index in [0.29, 0.717) is 5.56 Å². The van der Waals surface area contributed by atoms with E-state index in [4.69, 9.17) is 4.74 Å². The highest BCUT2D eigenvalue weighted by atomic mass is 16.5. The van der Waals surface area contributed by atoms with Crippen LogP contribution in [0.4, 0.5) is 0 Å². The van der Waals surface area contributed by atoms with E-state index in [2.05, 4.69) is 9.97 Å². The Morgan fingerprint density at radius 1 is 1.17 bits per heavy atom. The minimum Gasteiger partial charge on any atom is -0.497 e. The quantitative estimate of drug-likeness (QED) is 0.803. The van der Waals surface area contributed by atoms with Gasteiger partial charge in [-0.1, -0.05) is 0 Å². The summed E-state index contributed by atoms with van der Waals surface area (Å²) in [5, 5.41) is 1.06. The van der Waals surface area contributed by atoms with Crippen molar-refractivity contribution in [3.05, 3.63) is 48.2 Å². The summed E-state index contributed by atoms with van der Waals surface area (Å²) in [4.78, 5) is 22.2. The number of fused-ring (bicyclic) bond motifs is 1. The molecule has 3 heterocycles. The molecule has 0 spiro atoms. The molecule has 24 heavy (non-hydrogen) atoms. The van der Waals surface area contributed by atoms with Gasteiger partial charge in [0.2, 0.25) is 0 Å². The van der Waals surface area contributed by atoms with Crippen molar-refractivity contribution in [2.45, 2.75) is 12.8 Å². The number of benzene rings is 1. The fraction of sp³-hybridized carbons (Fsp3) is 0.263. The first-order valence-corrected chi connectivity index (χ1v) is 8.17. The predicted molar refractivity (Wildman–Crippen MR) is 93.2 cm³/mol. The molecule has 5 nitrogen and oxygen atoms in total. The van der Waals surface area contributed by atoms with Crippen LogP contribution in [-0.2, 0) is 0 Å². The largest absolute Gasteiger partial charge is 0.497 e. The lowest BCUT2D eigenvalue weighted by Gasteiger charge is -2.15.